The molecule has 2 saturated carbocycles. The zero-order valence-electron chi connectivity index (χ0n) is 10.7. The van der Waals surface area contributed by atoms with Crippen LogP contribution in [0, 0.1) is 17.3 Å². The maximum atomic E-state index is 2.52. The molecular weight excluding hydrogens is 194 g/mol. The van der Waals surface area contributed by atoms with Crippen molar-refractivity contribution in [2.75, 3.05) is 14.1 Å². The highest BCUT2D eigenvalue weighted by Crippen LogP contribution is 2.69. The van der Waals surface area contributed by atoms with Gasteiger partial charge in [0.2, 0.25) is 0 Å². The fourth-order valence-electron chi connectivity index (χ4n) is 4.07. The molecule has 1 heteroatoms. The van der Waals surface area contributed by atoms with E-state index in [1.54, 1.807) is 5.57 Å². The molecule has 0 radical (unpaired) electrons. The van der Waals surface area contributed by atoms with Gasteiger partial charge in [-0.2, -0.15) is 0 Å². The maximum absolute atomic E-state index is 2.52. The van der Waals surface area contributed by atoms with E-state index in [1.165, 1.54) is 25.7 Å². The summed E-state index contributed by atoms with van der Waals surface area (Å²) in [7, 11) is 4.51. The van der Waals surface area contributed by atoms with Crippen molar-refractivity contribution < 1.29 is 0 Å². The largest absolute Gasteiger partial charge is 0.306 e. The van der Waals surface area contributed by atoms with Gasteiger partial charge in [-0.25, -0.2) is 0 Å². The second-order valence-electron chi connectivity index (χ2n) is 6.23. The fourth-order valence-corrected chi connectivity index (χ4v) is 4.07. The van der Waals surface area contributed by atoms with E-state index < -0.39 is 0 Å². The van der Waals surface area contributed by atoms with Crippen LogP contribution in [0.5, 0.6) is 0 Å². The van der Waals surface area contributed by atoms with Crippen LogP contribution in [0.1, 0.15) is 32.6 Å². The molecule has 1 nitrogen and oxygen atoms in total. The predicted octanol–water partition coefficient (Wildman–Crippen LogP) is 3.24. The average molecular weight is 217 g/mol. The zero-order valence-corrected chi connectivity index (χ0v) is 10.7. The predicted molar refractivity (Wildman–Crippen MR) is 68.3 cm³/mol. The minimum Gasteiger partial charge on any atom is -0.306 e. The van der Waals surface area contributed by atoms with Crippen LogP contribution in [0.2, 0.25) is 0 Å². The molecule has 3 aliphatic carbocycles. The standard InChI is InChI=1S/C15H23N/c1-11-4-6-12(7-5-11)15-10-13(15)8-9-14(15)16(2)3/h4,6-7,11,13-14H,5,8-10H2,1-3H3. The molecule has 0 bridgehead atoms. The minimum absolute atomic E-state index is 0.556. The first kappa shape index (κ1) is 10.6. The smallest absolute Gasteiger partial charge is 0.0189 e. The van der Waals surface area contributed by atoms with Crippen molar-refractivity contribution in [1.29, 1.82) is 0 Å². The molecule has 88 valence electrons. The Labute approximate surface area is 99.2 Å². The summed E-state index contributed by atoms with van der Waals surface area (Å²) in [5.41, 5.74) is 2.21. The quantitative estimate of drug-likeness (QED) is 0.686. The summed E-state index contributed by atoms with van der Waals surface area (Å²) in [6.07, 6.45) is 12.9. The van der Waals surface area contributed by atoms with Gasteiger partial charge in [-0.1, -0.05) is 25.2 Å². The Bertz CT molecular complexity index is 352. The monoisotopic (exact) mass is 217 g/mol. The number of rotatable bonds is 2. The number of nitrogens with zero attached hydrogens (tertiary/aromatic N) is 1. The number of hydrogen-bond donors (Lipinski definition) is 0. The highest BCUT2D eigenvalue weighted by molar-refractivity contribution is 5.40. The first-order valence-electron chi connectivity index (χ1n) is 6.70. The van der Waals surface area contributed by atoms with E-state index in [-0.39, 0.29) is 0 Å². The van der Waals surface area contributed by atoms with Crippen LogP contribution in [-0.4, -0.2) is 25.0 Å². The summed E-state index contributed by atoms with van der Waals surface area (Å²) in [5, 5.41) is 0. The zero-order chi connectivity index (χ0) is 11.3. The summed E-state index contributed by atoms with van der Waals surface area (Å²) < 4.78 is 0. The second-order valence-corrected chi connectivity index (χ2v) is 6.23. The lowest BCUT2D eigenvalue weighted by molar-refractivity contribution is 0.229. The lowest BCUT2D eigenvalue weighted by Crippen LogP contribution is -2.35. The summed E-state index contributed by atoms with van der Waals surface area (Å²) in [5.74, 6) is 1.74. The lowest BCUT2D eigenvalue weighted by atomic mass is 9.83. The molecule has 0 N–H and O–H groups in total. The molecule has 0 aromatic heterocycles. The molecule has 16 heavy (non-hydrogen) atoms. The molecule has 2 fully saturated rings. The van der Waals surface area contributed by atoms with Crippen molar-refractivity contribution >= 4 is 0 Å². The molecule has 0 aromatic rings. The molecule has 0 spiro atoms. The van der Waals surface area contributed by atoms with Crippen molar-refractivity contribution in [3.05, 3.63) is 23.8 Å². The molecule has 3 rings (SSSR count). The fraction of sp³-hybridized carbons (Fsp3) is 0.733. The summed E-state index contributed by atoms with van der Waals surface area (Å²) in [4.78, 5) is 2.46. The van der Waals surface area contributed by atoms with Crippen LogP contribution in [0.3, 0.4) is 0 Å². The van der Waals surface area contributed by atoms with Gasteiger partial charge in [-0.05, 0) is 57.2 Å². The average Bonchev–Trinajstić information content (AvgIpc) is 2.85. The third kappa shape index (κ3) is 1.34. The van der Waals surface area contributed by atoms with Crippen molar-refractivity contribution in [3.63, 3.8) is 0 Å². The van der Waals surface area contributed by atoms with E-state index in [0.29, 0.717) is 5.41 Å². The molecule has 0 aromatic carbocycles. The number of allylic oxidation sites excluding steroid dienone is 3. The number of fused-ring (bicyclic) bond motifs is 1. The Hall–Kier alpha value is -0.560. The molecule has 0 saturated heterocycles. The molecule has 3 aliphatic rings. The van der Waals surface area contributed by atoms with Crippen LogP contribution in [-0.2, 0) is 0 Å². The first-order valence-corrected chi connectivity index (χ1v) is 6.70. The Balaban J connectivity index is 1.87. The topological polar surface area (TPSA) is 3.24 Å². The van der Waals surface area contributed by atoms with E-state index in [0.717, 1.165) is 17.9 Å². The van der Waals surface area contributed by atoms with Crippen molar-refractivity contribution in [2.24, 2.45) is 17.3 Å². The lowest BCUT2D eigenvalue weighted by Gasteiger charge is -2.32. The van der Waals surface area contributed by atoms with Gasteiger partial charge in [0, 0.05) is 11.5 Å². The van der Waals surface area contributed by atoms with Gasteiger partial charge in [-0.3, -0.25) is 0 Å². The van der Waals surface area contributed by atoms with Gasteiger partial charge in [0.1, 0.15) is 0 Å². The molecular formula is C15H23N. The van der Waals surface area contributed by atoms with Gasteiger partial charge in [-0.15, -0.1) is 0 Å². The van der Waals surface area contributed by atoms with Gasteiger partial charge in [0.15, 0.2) is 0 Å². The molecule has 0 aliphatic heterocycles. The van der Waals surface area contributed by atoms with Crippen LogP contribution in [0.4, 0.5) is 0 Å². The van der Waals surface area contributed by atoms with E-state index in [9.17, 15) is 0 Å². The Kier molecular flexibility index (Phi) is 2.29. The highest BCUT2D eigenvalue weighted by atomic mass is 15.1. The van der Waals surface area contributed by atoms with E-state index in [1.807, 2.05) is 0 Å². The van der Waals surface area contributed by atoms with Crippen LogP contribution >= 0.6 is 0 Å². The van der Waals surface area contributed by atoms with Crippen molar-refractivity contribution in [2.45, 2.75) is 38.6 Å². The van der Waals surface area contributed by atoms with Crippen LogP contribution < -0.4 is 0 Å². The van der Waals surface area contributed by atoms with E-state index >= 15 is 0 Å². The first-order chi connectivity index (χ1) is 7.64. The number of hydrogen-bond acceptors (Lipinski definition) is 1. The third-order valence-electron chi connectivity index (χ3n) is 5.01. The van der Waals surface area contributed by atoms with Gasteiger partial charge >= 0.3 is 0 Å². The summed E-state index contributed by atoms with van der Waals surface area (Å²) >= 11 is 0. The highest BCUT2D eigenvalue weighted by Gasteiger charge is 2.64. The molecule has 4 atom stereocenters. The van der Waals surface area contributed by atoms with Crippen LogP contribution in [0.15, 0.2) is 23.8 Å². The Morgan fingerprint density at radius 3 is 2.69 bits per heavy atom. The Morgan fingerprint density at radius 1 is 1.31 bits per heavy atom. The minimum atomic E-state index is 0.556. The molecule has 0 amide bonds. The SMILES string of the molecule is CC1C=CC(C23CC2CCC3N(C)C)=CC1. The summed E-state index contributed by atoms with van der Waals surface area (Å²) in [6, 6.07) is 0.793. The van der Waals surface area contributed by atoms with Crippen molar-refractivity contribution in [1.82, 2.24) is 4.90 Å². The second kappa shape index (κ2) is 3.46. The van der Waals surface area contributed by atoms with E-state index in [2.05, 4.69) is 44.1 Å². The van der Waals surface area contributed by atoms with Crippen LogP contribution in [0.25, 0.3) is 0 Å². The van der Waals surface area contributed by atoms with Gasteiger partial charge in [0.05, 0.1) is 0 Å². The van der Waals surface area contributed by atoms with Crippen molar-refractivity contribution in [3.8, 4) is 0 Å². The Morgan fingerprint density at radius 2 is 2.12 bits per heavy atom. The van der Waals surface area contributed by atoms with Gasteiger partial charge < -0.3 is 4.90 Å². The molecule has 4 unspecified atom stereocenters. The third-order valence-corrected chi connectivity index (χ3v) is 5.01. The summed E-state index contributed by atoms with van der Waals surface area (Å²) in [6.45, 7) is 2.31. The molecule has 0 heterocycles. The van der Waals surface area contributed by atoms with Gasteiger partial charge in [0.25, 0.3) is 0 Å². The maximum Gasteiger partial charge on any atom is 0.0189 e. The van der Waals surface area contributed by atoms with E-state index in [4.69, 9.17) is 0 Å². The normalized spacial score (nSPS) is 45.8.